The van der Waals surface area contributed by atoms with Crippen LogP contribution in [-0.2, 0) is 14.4 Å². The summed E-state index contributed by atoms with van der Waals surface area (Å²) in [6.07, 6.45) is 6.98. The quantitative estimate of drug-likeness (QED) is 0.603. The number of ether oxygens (including phenoxy) is 1. The van der Waals surface area contributed by atoms with Crippen LogP contribution >= 0.6 is 0 Å². The Morgan fingerprint density at radius 1 is 1.16 bits per heavy atom. The van der Waals surface area contributed by atoms with E-state index < -0.39 is 0 Å². The molecule has 3 heterocycles. The fourth-order valence-corrected chi connectivity index (χ4v) is 5.44. The fraction of sp³-hybridized carbons (Fsp3) is 0.607. The summed E-state index contributed by atoms with van der Waals surface area (Å²) < 4.78 is 20.8. The number of amides is 1. The maximum absolute atomic E-state index is 14.9. The molecule has 1 aromatic rings. The van der Waals surface area contributed by atoms with Gasteiger partial charge < -0.3 is 19.4 Å². The maximum atomic E-state index is 14.9. The van der Waals surface area contributed by atoms with E-state index in [4.69, 9.17) is 9.57 Å². The van der Waals surface area contributed by atoms with Crippen LogP contribution in [0, 0.1) is 17.7 Å². The van der Waals surface area contributed by atoms with Crippen LogP contribution < -0.4 is 10.3 Å². The highest BCUT2D eigenvalue weighted by Gasteiger charge is 2.30. The SMILES string of the molecule is CC(C)N1N=C(N2CCC(COc3ccc(C4=CCC(C(=O)N5CCC(=O)CC5)CC4)cc3F)CC2)ON1. The highest BCUT2D eigenvalue weighted by molar-refractivity contribution is 5.85. The molecule has 9 nitrogen and oxygen atoms in total. The van der Waals surface area contributed by atoms with Gasteiger partial charge in [0.15, 0.2) is 11.6 Å². The predicted molar refractivity (Wildman–Crippen MR) is 141 cm³/mol. The number of carbonyl (C=O) groups is 2. The predicted octanol–water partition coefficient (Wildman–Crippen LogP) is 3.72. The Balaban J connectivity index is 1.09. The average Bonchev–Trinajstić information content (AvgIpc) is 3.44. The Morgan fingerprint density at radius 3 is 2.55 bits per heavy atom. The van der Waals surface area contributed by atoms with Crippen LogP contribution in [0.4, 0.5) is 4.39 Å². The molecule has 0 bridgehead atoms. The van der Waals surface area contributed by atoms with E-state index in [9.17, 15) is 14.0 Å². The van der Waals surface area contributed by atoms with Crippen LogP contribution in [0.2, 0.25) is 0 Å². The summed E-state index contributed by atoms with van der Waals surface area (Å²) >= 11 is 0. The van der Waals surface area contributed by atoms with Crippen molar-refractivity contribution in [3.63, 3.8) is 0 Å². The van der Waals surface area contributed by atoms with Gasteiger partial charge >= 0.3 is 6.02 Å². The summed E-state index contributed by atoms with van der Waals surface area (Å²) in [4.78, 5) is 33.7. The molecule has 206 valence electrons. The number of Topliss-reactive ketones (excluding diaryl/α,β-unsaturated/α-hetero) is 1. The third-order valence-corrected chi connectivity index (χ3v) is 7.97. The molecular weight excluding hydrogens is 489 g/mol. The Labute approximate surface area is 223 Å². The third kappa shape index (κ3) is 6.11. The van der Waals surface area contributed by atoms with Crippen molar-refractivity contribution >= 4 is 23.3 Å². The van der Waals surface area contributed by atoms with Crippen molar-refractivity contribution in [1.82, 2.24) is 20.5 Å². The third-order valence-electron chi connectivity index (χ3n) is 7.97. The van der Waals surface area contributed by atoms with E-state index in [1.807, 2.05) is 24.8 Å². The molecule has 1 amide bonds. The number of likely N-dealkylation sites (tertiary alicyclic amines) is 2. The molecule has 1 unspecified atom stereocenters. The summed E-state index contributed by atoms with van der Waals surface area (Å²) in [6.45, 7) is 7.24. The van der Waals surface area contributed by atoms with Crippen molar-refractivity contribution in [2.75, 3.05) is 32.8 Å². The molecule has 3 aliphatic heterocycles. The lowest BCUT2D eigenvalue weighted by Gasteiger charge is -2.31. The second kappa shape index (κ2) is 11.7. The number of allylic oxidation sites excluding steroid dienone is 2. The smallest absolute Gasteiger partial charge is 0.332 e. The fourth-order valence-electron chi connectivity index (χ4n) is 5.44. The van der Waals surface area contributed by atoms with Crippen molar-refractivity contribution < 1.29 is 23.6 Å². The number of hydrogen-bond donors (Lipinski definition) is 1. The Morgan fingerprint density at radius 2 is 1.92 bits per heavy atom. The number of amidine groups is 1. The number of hydrogen-bond acceptors (Lipinski definition) is 8. The van der Waals surface area contributed by atoms with Crippen molar-refractivity contribution in [1.29, 1.82) is 0 Å². The highest BCUT2D eigenvalue weighted by atomic mass is 19.1. The number of carbonyl (C=O) groups excluding carboxylic acids is 2. The van der Waals surface area contributed by atoms with Gasteiger partial charge in [-0.15, -0.1) is 5.10 Å². The zero-order valence-electron chi connectivity index (χ0n) is 22.3. The number of hydrazine groups is 1. The van der Waals surface area contributed by atoms with Crippen LogP contribution in [0.5, 0.6) is 5.75 Å². The van der Waals surface area contributed by atoms with Gasteiger partial charge in [0.1, 0.15) is 5.78 Å². The summed E-state index contributed by atoms with van der Waals surface area (Å²) in [6, 6.07) is 5.97. The van der Waals surface area contributed by atoms with Crippen molar-refractivity contribution in [2.24, 2.45) is 16.9 Å². The first kappa shape index (κ1) is 26.5. The van der Waals surface area contributed by atoms with Gasteiger partial charge in [-0.25, -0.2) is 4.39 Å². The largest absolute Gasteiger partial charge is 0.490 e. The molecule has 38 heavy (non-hydrogen) atoms. The Kier molecular flexibility index (Phi) is 8.16. The molecule has 1 aliphatic carbocycles. The number of nitrogens with one attached hydrogen (secondary N) is 1. The van der Waals surface area contributed by atoms with Gasteiger partial charge in [0.05, 0.1) is 12.6 Å². The van der Waals surface area contributed by atoms with E-state index in [1.165, 1.54) is 0 Å². The van der Waals surface area contributed by atoms with Gasteiger partial charge in [-0.1, -0.05) is 12.1 Å². The zero-order chi connectivity index (χ0) is 26.6. The molecular formula is C28H38FN5O4. The molecule has 1 atom stereocenters. The second-order valence-electron chi connectivity index (χ2n) is 11.0. The molecule has 2 saturated heterocycles. The summed E-state index contributed by atoms with van der Waals surface area (Å²) in [5, 5.41) is 6.14. The minimum Gasteiger partial charge on any atom is -0.490 e. The standard InChI is InChI=1S/C28H38FN5O4/c1-19(2)34-30-28(38-31-34)33-13-9-20(10-14-33)18-37-26-8-7-23(17-25(26)29)21-3-5-22(6-4-21)27(36)32-15-11-24(35)12-16-32/h3,7-8,17,19-20,22,31H,4-6,9-16,18H2,1-2H3. The van der Waals surface area contributed by atoms with Crippen molar-refractivity contribution in [3.8, 4) is 5.75 Å². The molecule has 1 N–H and O–H groups in total. The Hall–Kier alpha value is -3.14. The summed E-state index contributed by atoms with van der Waals surface area (Å²) in [5.41, 5.74) is 4.73. The van der Waals surface area contributed by atoms with Crippen LogP contribution in [0.3, 0.4) is 0 Å². The number of benzene rings is 1. The van der Waals surface area contributed by atoms with E-state index in [2.05, 4.69) is 21.7 Å². The van der Waals surface area contributed by atoms with Gasteiger partial charge in [0.25, 0.3) is 0 Å². The number of ketones is 1. The number of hydrazone groups is 1. The Bertz CT molecular complexity index is 1090. The van der Waals surface area contributed by atoms with Gasteiger partial charge in [0.2, 0.25) is 5.91 Å². The number of nitrogens with zero attached hydrogens (tertiary/aromatic N) is 4. The lowest BCUT2D eigenvalue weighted by molar-refractivity contribution is -0.138. The topological polar surface area (TPSA) is 86.7 Å². The van der Waals surface area contributed by atoms with E-state index in [0.29, 0.717) is 50.9 Å². The summed E-state index contributed by atoms with van der Waals surface area (Å²) in [5.74, 6) is 0.594. The molecule has 5 rings (SSSR count). The maximum Gasteiger partial charge on any atom is 0.332 e. The first-order valence-corrected chi connectivity index (χ1v) is 13.8. The minimum absolute atomic E-state index is 0.0523. The second-order valence-corrected chi connectivity index (χ2v) is 11.0. The monoisotopic (exact) mass is 527 g/mol. The number of halogens is 1. The molecule has 0 radical (unpaired) electrons. The van der Waals surface area contributed by atoms with Gasteiger partial charge in [-0.2, -0.15) is 5.12 Å². The first-order chi connectivity index (χ1) is 18.4. The first-order valence-electron chi connectivity index (χ1n) is 13.8. The van der Waals surface area contributed by atoms with E-state index in [0.717, 1.165) is 49.9 Å². The lowest BCUT2D eigenvalue weighted by Crippen LogP contribution is -2.42. The molecule has 0 aromatic heterocycles. The lowest BCUT2D eigenvalue weighted by atomic mass is 9.85. The van der Waals surface area contributed by atoms with Gasteiger partial charge in [-0.3, -0.25) is 9.59 Å². The molecule has 0 spiro atoms. The van der Waals surface area contributed by atoms with Crippen molar-refractivity contribution in [3.05, 3.63) is 35.7 Å². The van der Waals surface area contributed by atoms with Gasteiger partial charge in [-0.05, 0) is 80.7 Å². The average molecular weight is 528 g/mol. The van der Waals surface area contributed by atoms with E-state index >= 15 is 0 Å². The molecule has 2 fully saturated rings. The van der Waals surface area contributed by atoms with Crippen LogP contribution in [-0.4, -0.2) is 71.5 Å². The number of piperidine rings is 2. The van der Waals surface area contributed by atoms with Crippen LogP contribution in [0.1, 0.15) is 64.4 Å². The molecule has 0 saturated carbocycles. The van der Waals surface area contributed by atoms with Gasteiger partial charge in [0, 0.05) is 44.9 Å². The van der Waals surface area contributed by atoms with Crippen molar-refractivity contribution in [2.45, 2.75) is 64.8 Å². The molecule has 4 aliphatic rings. The van der Waals surface area contributed by atoms with Crippen LogP contribution in [0.15, 0.2) is 29.4 Å². The highest BCUT2D eigenvalue weighted by Crippen LogP contribution is 2.33. The summed E-state index contributed by atoms with van der Waals surface area (Å²) in [7, 11) is 0. The molecule has 1 aromatic carbocycles. The molecule has 10 heteroatoms. The van der Waals surface area contributed by atoms with Crippen LogP contribution in [0.25, 0.3) is 5.57 Å². The normalized spacial score (nSPS) is 22.9. The minimum atomic E-state index is -0.356. The van der Waals surface area contributed by atoms with E-state index in [-0.39, 0.29) is 35.2 Å². The van der Waals surface area contributed by atoms with E-state index in [1.54, 1.807) is 17.3 Å². The zero-order valence-corrected chi connectivity index (χ0v) is 22.3. The number of rotatable bonds is 6.